The molecule has 1 aliphatic rings. The maximum atomic E-state index is 13.7. The topological polar surface area (TPSA) is 132 Å². The summed E-state index contributed by atoms with van der Waals surface area (Å²) in [6, 6.07) is 14.5. The number of hydrogen-bond donors (Lipinski definition) is 3. The fourth-order valence-electron chi connectivity index (χ4n) is 4.66. The first-order chi connectivity index (χ1) is 19.2. The second-order valence-corrected chi connectivity index (χ2v) is 10.2. The Labute approximate surface area is 233 Å². The van der Waals surface area contributed by atoms with Crippen LogP contribution in [-0.4, -0.2) is 81.7 Å². The van der Waals surface area contributed by atoms with Crippen LogP contribution >= 0.6 is 0 Å². The van der Waals surface area contributed by atoms with Gasteiger partial charge in [-0.2, -0.15) is 0 Å². The number of carboxylic acids is 1. The molecule has 2 heterocycles. The number of carbonyl (C=O) groups is 3. The number of amides is 2. The summed E-state index contributed by atoms with van der Waals surface area (Å²) in [6.07, 6.45) is 2.77. The number of fused-ring (bicyclic) bond motifs is 1. The second-order valence-electron chi connectivity index (χ2n) is 10.2. The van der Waals surface area contributed by atoms with Crippen molar-refractivity contribution in [2.45, 2.75) is 32.5 Å². The molecular formula is C30H34N4O6. The van der Waals surface area contributed by atoms with Crippen LogP contribution in [0.15, 0.2) is 67.0 Å². The highest BCUT2D eigenvalue weighted by molar-refractivity contribution is 6.05. The van der Waals surface area contributed by atoms with E-state index in [1.807, 2.05) is 14.0 Å². The number of rotatable bonds is 9. The number of carboxylic acid groups (broad SMARTS) is 1. The molecule has 1 aromatic heterocycles. The normalized spacial score (nSPS) is 17.8. The number of aliphatic hydroxyl groups is 1. The molecule has 3 N–H and O–H groups in total. The van der Waals surface area contributed by atoms with Crippen LogP contribution in [0.25, 0.3) is 0 Å². The third-order valence-corrected chi connectivity index (χ3v) is 7.01. The van der Waals surface area contributed by atoms with Gasteiger partial charge in [0.15, 0.2) is 0 Å². The number of carbonyl (C=O) groups excluding carboxylic acids is 2. The van der Waals surface area contributed by atoms with Crippen molar-refractivity contribution < 1.29 is 29.3 Å². The van der Waals surface area contributed by atoms with E-state index in [2.05, 4.69) is 15.2 Å². The third-order valence-electron chi connectivity index (χ3n) is 7.01. The maximum Gasteiger partial charge on any atom is 0.335 e. The minimum absolute atomic E-state index is 0.0611. The molecule has 0 saturated carbocycles. The molecule has 0 spiro atoms. The molecule has 0 saturated heterocycles. The average Bonchev–Trinajstić information content (AvgIpc) is 2.95. The van der Waals surface area contributed by atoms with Crippen molar-refractivity contribution in [2.75, 3.05) is 32.1 Å². The van der Waals surface area contributed by atoms with Crippen molar-refractivity contribution in [2.24, 2.45) is 5.92 Å². The number of ether oxygens (including phenoxy) is 1. The van der Waals surface area contributed by atoms with Gasteiger partial charge in [0.1, 0.15) is 11.9 Å². The van der Waals surface area contributed by atoms with Crippen LogP contribution in [0, 0.1) is 5.92 Å². The molecule has 2 amide bonds. The van der Waals surface area contributed by atoms with Crippen molar-refractivity contribution >= 4 is 23.5 Å². The Morgan fingerprint density at radius 3 is 2.48 bits per heavy atom. The van der Waals surface area contributed by atoms with Crippen LogP contribution in [0.2, 0.25) is 0 Å². The van der Waals surface area contributed by atoms with E-state index < -0.39 is 12.0 Å². The maximum absolute atomic E-state index is 13.7. The highest BCUT2D eigenvalue weighted by Crippen LogP contribution is 2.31. The van der Waals surface area contributed by atoms with Gasteiger partial charge in [-0.05, 0) is 62.0 Å². The summed E-state index contributed by atoms with van der Waals surface area (Å²) < 4.78 is 6.43. The Bertz CT molecular complexity index is 1350. The number of likely N-dealkylation sites (N-methyl/N-ethyl adjacent to an activating group) is 1. The highest BCUT2D eigenvalue weighted by Gasteiger charge is 2.33. The Morgan fingerprint density at radius 2 is 1.82 bits per heavy atom. The van der Waals surface area contributed by atoms with Crippen LogP contribution in [0.3, 0.4) is 0 Å². The number of aromatic nitrogens is 1. The largest absolute Gasteiger partial charge is 0.488 e. The Kier molecular flexibility index (Phi) is 9.13. The predicted molar refractivity (Wildman–Crippen MR) is 150 cm³/mol. The molecule has 3 aromatic rings. The molecule has 40 heavy (non-hydrogen) atoms. The summed E-state index contributed by atoms with van der Waals surface area (Å²) in [5, 5.41) is 21.9. The van der Waals surface area contributed by atoms with Gasteiger partial charge in [-0.25, -0.2) is 4.79 Å². The summed E-state index contributed by atoms with van der Waals surface area (Å²) in [6.45, 7) is 5.11. The van der Waals surface area contributed by atoms with E-state index in [9.17, 15) is 19.5 Å². The molecule has 0 unspecified atom stereocenters. The van der Waals surface area contributed by atoms with Gasteiger partial charge in [0.2, 0.25) is 0 Å². The summed E-state index contributed by atoms with van der Waals surface area (Å²) in [7, 11) is 1.96. The smallest absolute Gasteiger partial charge is 0.335 e. The Hall–Kier alpha value is -4.28. The van der Waals surface area contributed by atoms with Gasteiger partial charge in [-0.3, -0.25) is 19.5 Å². The number of hydrogen-bond acceptors (Lipinski definition) is 7. The van der Waals surface area contributed by atoms with Crippen molar-refractivity contribution in [1.82, 2.24) is 14.8 Å². The van der Waals surface area contributed by atoms with Crippen LogP contribution in [0.5, 0.6) is 5.75 Å². The third kappa shape index (κ3) is 6.83. The zero-order valence-electron chi connectivity index (χ0n) is 22.8. The molecule has 4 rings (SSSR count). The molecule has 1 aliphatic heterocycles. The molecule has 0 fully saturated rings. The van der Waals surface area contributed by atoms with Gasteiger partial charge in [0, 0.05) is 49.2 Å². The summed E-state index contributed by atoms with van der Waals surface area (Å²) in [4.78, 5) is 45.2. The monoisotopic (exact) mass is 546 g/mol. The summed E-state index contributed by atoms with van der Waals surface area (Å²) in [5.74, 6) is -1.24. The van der Waals surface area contributed by atoms with Crippen molar-refractivity contribution in [3.63, 3.8) is 0 Å². The summed E-state index contributed by atoms with van der Waals surface area (Å²) >= 11 is 0. The van der Waals surface area contributed by atoms with Crippen LogP contribution < -0.4 is 10.1 Å². The number of aliphatic hydroxyl groups excluding tert-OH is 1. The lowest BCUT2D eigenvalue weighted by Crippen LogP contribution is -2.49. The van der Waals surface area contributed by atoms with E-state index in [-0.39, 0.29) is 36.0 Å². The van der Waals surface area contributed by atoms with Gasteiger partial charge in [-0.15, -0.1) is 0 Å². The van der Waals surface area contributed by atoms with E-state index >= 15 is 0 Å². The molecule has 3 atom stereocenters. The number of nitrogens with zero attached hydrogens (tertiary/aromatic N) is 3. The van der Waals surface area contributed by atoms with Gasteiger partial charge < -0.3 is 25.2 Å². The quantitative estimate of drug-likeness (QED) is 0.372. The molecule has 0 aliphatic carbocycles. The fraction of sp³-hybridized carbons (Fsp3) is 0.333. The van der Waals surface area contributed by atoms with Gasteiger partial charge in [0.05, 0.1) is 23.8 Å². The van der Waals surface area contributed by atoms with E-state index in [4.69, 9.17) is 9.84 Å². The fourth-order valence-corrected chi connectivity index (χ4v) is 4.66. The first-order valence-electron chi connectivity index (χ1n) is 13.1. The molecular weight excluding hydrogens is 512 g/mol. The molecule has 2 aromatic carbocycles. The zero-order chi connectivity index (χ0) is 28.8. The lowest BCUT2D eigenvalue weighted by atomic mass is 9.99. The number of nitrogens with one attached hydrogen (secondary N) is 1. The van der Waals surface area contributed by atoms with Gasteiger partial charge in [0.25, 0.3) is 11.8 Å². The Balaban J connectivity index is 1.57. The van der Waals surface area contributed by atoms with Gasteiger partial charge >= 0.3 is 5.97 Å². The molecule has 210 valence electrons. The number of pyridine rings is 1. The zero-order valence-corrected chi connectivity index (χ0v) is 22.8. The standard InChI is InChI=1S/C30H34N4O6/c1-19-15-34(20(2)18-35)29(37)25-14-24(32-28(36)22-10-12-31-13-11-22)8-9-26(25)40-27(19)17-33(3)16-21-4-6-23(7-5-21)30(38)39/h4-14,19-20,27,35H,15-18H2,1-3H3,(H,32,36)(H,38,39)/t19-,20-,27+/m0/s1. The number of anilines is 1. The van der Waals surface area contributed by atoms with Crippen molar-refractivity contribution in [1.29, 1.82) is 0 Å². The highest BCUT2D eigenvalue weighted by atomic mass is 16.5. The van der Waals surface area contributed by atoms with Gasteiger partial charge in [-0.1, -0.05) is 19.1 Å². The first kappa shape index (κ1) is 28.7. The molecule has 10 nitrogen and oxygen atoms in total. The average molecular weight is 547 g/mol. The number of benzene rings is 2. The van der Waals surface area contributed by atoms with Crippen LogP contribution in [-0.2, 0) is 6.54 Å². The van der Waals surface area contributed by atoms with E-state index in [0.29, 0.717) is 42.2 Å². The van der Waals surface area contributed by atoms with E-state index in [1.54, 1.807) is 66.4 Å². The molecule has 0 radical (unpaired) electrons. The molecule has 0 bridgehead atoms. The first-order valence-corrected chi connectivity index (χ1v) is 13.1. The lowest BCUT2D eigenvalue weighted by molar-refractivity contribution is 0.0341. The second kappa shape index (κ2) is 12.7. The Morgan fingerprint density at radius 1 is 1.12 bits per heavy atom. The van der Waals surface area contributed by atoms with E-state index in [1.165, 1.54) is 12.4 Å². The lowest BCUT2D eigenvalue weighted by Gasteiger charge is -2.38. The van der Waals surface area contributed by atoms with Crippen LogP contribution in [0.4, 0.5) is 5.69 Å². The van der Waals surface area contributed by atoms with E-state index in [0.717, 1.165) is 5.56 Å². The van der Waals surface area contributed by atoms with Crippen LogP contribution in [0.1, 0.15) is 50.5 Å². The van der Waals surface area contributed by atoms with Crippen molar-refractivity contribution in [3.8, 4) is 5.75 Å². The number of aromatic carboxylic acids is 1. The SMILES string of the molecule is C[C@H]1CN([C@@H](C)CO)C(=O)c2cc(NC(=O)c3ccncc3)ccc2O[C@@H]1CN(C)Cc1ccc(C(=O)O)cc1. The minimum Gasteiger partial charge on any atom is -0.488 e. The predicted octanol–water partition coefficient (Wildman–Crippen LogP) is 3.38. The van der Waals surface area contributed by atoms with Crippen molar-refractivity contribution in [3.05, 3.63) is 89.2 Å². The summed E-state index contributed by atoms with van der Waals surface area (Å²) in [5.41, 5.74) is 2.39. The molecule has 10 heteroatoms. The minimum atomic E-state index is -0.966.